The Morgan fingerprint density at radius 2 is 1.26 bits per heavy atom. The van der Waals surface area contributed by atoms with Crippen molar-refractivity contribution in [2.24, 2.45) is 0 Å². The number of carbonyl (C=O) groups is 2. The molecule has 0 atom stereocenters. The maximum atomic E-state index is 12.9. The van der Waals surface area contributed by atoms with Crippen LogP contribution in [0, 0.1) is 0 Å². The van der Waals surface area contributed by atoms with Crippen LogP contribution in [-0.4, -0.2) is 11.9 Å². The molecule has 1 N–H and O–H groups in total. The van der Waals surface area contributed by atoms with Crippen molar-refractivity contribution in [3.63, 3.8) is 0 Å². The van der Waals surface area contributed by atoms with E-state index < -0.39 is 11.9 Å². The second-order valence-corrected chi connectivity index (χ2v) is 8.53. The van der Waals surface area contributed by atoms with E-state index in [4.69, 9.17) is 32.7 Å². The molecule has 0 spiro atoms. The summed E-state index contributed by atoms with van der Waals surface area (Å²) >= 11 is 12.0. The predicted molar refractivity (Wildman–Crippen MR) is 132 cm³/mol. The Labute approximate surface area is 205 Å². The van der Waals surface area contributed by atoms with Gasteiger partial charge in [-0.1, -0.05) is 53.5 Å². The molecule has 0 radical (unpaired) electrons. The number of para-hydroxylation sites is 1. The Kier molecular flexibility index (Phi) is 5.97. The molecule has 4 aromatic rings. The molecular weight excluding hydrogens is 473 g/mol. The summed E-state index contributed by atoms with van der Waals surface area (Å²) in [7, 11) is 0. The van der Waals surface area contributed by atoms with Gasteiger partial charge in [-0.15, -0.1) is 0 Å². The third-order valence-electron chi connectivity index (χ3n) is 5.38. The Morgan fingerprint density at radius 1 is 0.676 bits per heavy atom. The Morgan fingerprint density at radius 3 is 1.88 bits per heavy atom. The minimum Gasteiger partial charge on any atom is -0.419 e. The Hall–Kier alpha value is -3.80. The maximum Gasteiger partial charge on any atom is 0.343 e. The number of hydrogen-bond acceptors (Lipinski definition) is 5. The molecule has 168 valence electrons. The van der Waals surface area contributed by atoms with Gasteiger partial charge in [0.2, 0.25) is 0 Å². The van der Waals surface area contributed by atoms with Crippen molar-refractivity contribution >= 4 is 40.8 Å². The first-order valence-corrected chi connectivity index (χ1v) is 11.2. The van der Waals surface area contributed by atoms with Crippen molar-refractivity contribution in [2.45, 2.75) is 6.54 Å². The number of hydrogen-bond donors (Lipinski definition) is 1. The van der Waals surface area contributed by atoms with Crippen molar-refractivity contribution in [3.8, 4) is 22.6 Å². The van der Waals surface area contributed by atoms with E-state index in [1.54, 1.807) is 48.5 Å². The summed E-state index contributed by atoms with van der Waals surface area (Å²) in [4.78, 5) is 25.7. The zero-order valence-electron chi connectivity index (χ0n) is 17.7. The summed E-state index contributed by atoms with van der Waals surface area (Å²) in [5.74, 6) is -0.993. The molecule has 0 amide bonds. The van der Waals surface area contributed by atoms with Gasteiger partial charge in [-0.05, 0) is 65.7 Å². The van der Waals surface area contributed by atoms with E-state index in [0.717, 1.165) is 22.4 Å². The summed E-state index contributed by atoms with van der Waals surface area (Å²) in [6.45, 7) is 0.524. The molecule has 34 heavy (non-hydrogen) atoms. The normalized spacial score (nSPS) is 11.6. The van der Waals surface area contributed by atoms with Gasteiger partial charge in [0.1, 0.15) is 0 Å². The highest BCUT2D eigenvalue weighted by molar-refractivity contribution is 6.31. The number of benzene rings is 4. The third-order valence-corrected chi connectivity index (χ3v) is 5.85. The fourth-order valence-electron chi connectivity index (χ4n) is 3.77. The van der Waals surface area contributed by atoms with Crippen LogP contribution in [0.2, 0.25) is 10.0 Å². The highest BCUT2D eigenvalue weighted by atomic mass is 35.5. The smallest absolute Gasteiger partial charge is 0.343 e. The van der Waals surface area contributed by atoms with Gasteiger partial charge >= 0.3 is 11.9 Å². The molecule has 1 aliphatic heterocycles. The maximum absolute atomic E-state index is 12.9. The van der Waals surface area contributed by atoms with Gasteiger partial charge in [-0.2, -0.15) is 0 Å². The van der Waals surface area contributed by atoms with Crippen LogP contribution in [0.1, 0.15) is 26.3 Å². The average molecular weight is 490 g/mol. The van der Waals surface area contributed by atoms with E-state index in [2.05, 4.69) is 5.32 Å². The number of esters is 2. The molecular formula is C27H17Cl2NO4. The monoisotopic (exact) mass is 489 g/mol. The molecule has 0 unspecified atom stereocenters. The first-order chi connectivity index (χ1) is 16.5. The lowest BCUT2D eigenvalue weighted by Gasteiger charge is -2.23. The van der Waals surface area contributed by atoms with Crippen LogP contribution in [0.25, 0.3) is 11.1 Å². The van der Waals surface area contributed by atoms with Crippen LogP contribution >= 0.6 is 23.2 Å². The molecule has 0 fully saturated rings. The number of fused-ring (bicyclic) bond motifs is 3. The number of anilines is 1. The van der Waals surface area contributed by atoms with Gasteiger partial charge in [0, 0.05) is 27.8 Å². The van der Waals surface area contributed by atoms with Crippen LogP contribution < -0.4 is 14.8 Å². The third kappa shape index (κ3) is 4.49. The lowest BCUT2D eigenvalue weighted by molar-refractivity contribution is 0.0682. The molecule has 0 aliphatic carbocycles. The fourth-order valence-corrected chi connectivity index (χ4v) is 4.15. The van der Waals surface area contributed by atoms with E-state index in [9.17, 15) is 9.59 Å². The molecule has 7 heteroatoms. The lowest BCUT2D eigenvalue weighted by Crippen LogP contribution is -2.15. The zero-order valence-corrected chi connectivity index (χ0v) is 19.2. The van der Waals surface area contributed by atoms with Crippen LogP contribution in [0.4, 0.5) is 5.69 Å². The first-order valence-electron chi connectivity index (χ1n) is 10.4. The van der Waals surface area contributed by atoms with Gasteiger partial charge in [0.05, 0.1) is 11.1 Å². The summed E-state index contributed by atoms with van der Waals surface area (Å²) < 4.78 is 11.4. The zero-order chi connectivity index (χ0) is 23.7. The highest BCUT2D eigenvalue weighted by Crippen LogP contribution is 2.42. The quantitative estimate of drug-likeness (QED) is 0.246. The molecule has 1 heterocycles. The Bertz CT molecular complexity index is 1430. The number of carbonyl (C=O) groups excluding carboxylic acids is 2. The van der Waals surface area contributed by atoms with Crippen molar-refractivity contribution in [3.05, 3.63) is 112 Å². The largest absolute Gasteiger partial charge is 0.419 e. The lowest BCUT2D eigenvalue weighted by atomic mass is 9.94. The van der Waals surface area contributed by atoms with Crippen LogP contribution in [0.15, 0.2) is 84.9 Å². The minimum atomic E-state index is -0.621. The van der Waals surface area contributed by atoms with E-state index in [0.29, 0.717) is 16.6 Å². The molecule has 0 saturated heterocycles. The molecule has 1 aliphatic rings. The van der Waals surface area contributed by atoms with Crippen molar-refractivity contribution in [2.75, 3.05) is 5.32 Å². The Balaban J connectivity index is 1.55. The van der Waals surface area contributed by atoms with E-state index >= 15 is 0 Å². The molecule has 0 aromatic heterocycles. The molecule has 0 bridgehead atoms. The van der Waals surface area contributed by atoms with Crippen LogP contribution in [0.5, 0.6) is 11.5 Å². The molecule has 0 saturated carbocycles. The second-order valence-electron chi connectivity index (χ2n) is 7.65. The van der Waals surface area contributed by atoms with Crippen molar-refractivity contribution in [1.29, 1.82) is 0 Å². The van der Waals surface area contributed by atoms with Crippen molar-refractivity contribution < 1.29 is 19.1 Å². The molecule has 4 aromatic carbocycles. The number of nitrogens with one attached hydrogen (secondary N) is 1. The molecule has 5 nitrogen and oxygen atoms in total. The first kappa shape index (κ1) is 22.0. The predicted octanol–water partition coefficient (Wildman–Crippen LogP) is 7.02. The van der Waals surface area contributed by atoms with Gasteiger partial charge in [0.25, 0.3) is 0 Å². The molecule has 5 rings (SSSR count). The van der Waals surface area contributed by atoms with E-state index in [-0.39, 0.29) is 22.6 Å². The number of rotatable bonds is 4. The average Bonchev–Trinajstić information content (AvgIpc) is 2.84. The summed E-state index contributed by atoms with van der Waals surface area (Å²) in [5, 5.41) is 4.17. The highest BCUT2D eigenvalue weighted by Gasteiger charge is 2.23. The number of halogens is 2. The summed E-state index contributed by atoms with van der Waals surface area (Å²) in [6.07, 6.45) is 0. The van der Waals surface area contributed by atoms with Gasteiger partial charge in [-0.3, -0.25) is 0 Å². The standard InChI is InChI=1S/C27H17Cl2NO4/c28-19-7-3-5-16(11-19)26(31)33-24-13-18-15-30-23-10-2-1-9-21(23)22(18)14-25(24)34-27(32)17-6-4-8-20(29)12-17/h1-14,30H,15H2. The number of ether oxygens (including phenoxy) is 2. The van der Waals surface area contributed by atoms with E-state index in [1.807, 2.05) is 24.3 Å². The van der Waals surface area contributed by atoms with Gasteiger partial charge in [0.15, 0.2) is 11.5 Å². The fraction of sp³-hybridized carbons (Fsp3) is 0.0370. The van der Waals surface area contributed by atoms with Crippen LogP contribution in [0.3, 0.4) is 0 Å². The van der Waals surface area contributed by atoms with Crippen molar-refractivity contribution in [1.82, 2.24) is 0 Å². The summed E-state index contributed by atoms with van der Waals surface area (Å²) in [5.41, 5.74) is 4.25. The SMILES string of the molecule is O=C(Oc1cc2c(cc1OC(=O)c1cccc(Cl)c1)-c1ccccc1NC2)c1cccc(Cl)c1. The second kappa shape index (κ2) is 9.21. The minimum absolute atomic E-state index is 0.121. The van der Waals surface area contributed by atoms with Gasteiger partial charge < -0.3 is 14.8 Å². The van der Waals surface area contributed by atoms with E-state index in [1.165, 1.54) is 12.1 Å². The summed E-state index contributed by atoms with van der Waals surface area (Å²) in [6, 6.07) is 24.1. The van der Waals surface area contributed by atoms with Crippen LogP contribution in [-0.2, 0) is 6.54 Å². The topological polar surface area (TPSA) is 64.6 Å². The van der Waals surface area contributed by atoms with Gasteiger partial charge in [-0.25, -0.2) is 9.59 Å².